The van der Waals surface area contributed by atoms with Crippen molar-refractivity contribution in [3.63, 3.8) is 0 Å². The van der Waals surface area contributed by atoms with E-state index in [9.17, 15) is 0 Å². The van der Waals surface area contributed by atoms with E-state index in [1.807, 2.05) is 12.4 Å². The highest BCUT2D eigenvalue weighted by Gasteiger charge is 2.10. The number of nitrogens with zero attached hydrogens (tertiary/aromatic N) is 1. The predicted octanol–water partition coefficient (Wildman–Crippen LogP) is 3.04. The first-order valence-corrected chi connectivity index (χ1v) is 6.49. The molecule has 0 aliphatic rings. The van der Waals surface area contributed by atoms with E-state index >= 15 is 0 Å². The van der Waals surface area contributed by atoms with Crippen LogP contribution in [0.1, 0.15) is 24.1 Å². The van der Waals surface area contributed by atoms with Crippen molar-refractivity contribution in [3.05, 3.63) is 52.5 Å². The SMILES string of the molecule is CCNC(Cc1ccncc1)c1ccsc1. The van der Waals surface area contributed by atoms with Crippen LogP contribution >= 0.6 is 11.3 Å². The molecule has 0 bridgehead atoms. The van der Waals surface area contributed by atoms with Crippen molar-refractivity contribution in [2.24, 2.45) is 0 Å². The van der Waals surface area contributed by atoms with E-state index in [4.69, 9.17) is 0 Å². The molecule has 0 spiro atoms. The normalized spacial score (nSPS) is 12.6. The lowest BCUT2D eigenvalue weighted by atomic mass is 10.0. The molecule has 2 rings (SSSR count). The lowest BCUT2D eigenvalue weighted by Crippen LogP contribution is -2.22. The van der Waals surface area contributed by atoms with Crippen molar-refractivity contribution in [2.45, 2.75) is 19.4 Å². The van der Waals surface area contributed by atoms with Gasteiger partial charge in [-0.05, 0) is 53.1 Å². The molecule has 1 atom stereocenters. The second kappa shape index (κ2) is 5.77. The molecule has 0 radical (unpaired) electrons. The van der Waals surface area contributed by atoms with Gasteiger partial charge in [0.15, 0.2) is 0 Å². The molecular weight excluding hydrogens is 216 g/mol. The zero-order valence-electron chi connectivity index (χ0n) is 9.39. The van der Waals surface area contributed by atoms with E-state index in [0.29, 0.717) is 6.04 Å². The van der Waals surface area contributed by atoms with Crippen LogP contribution in [0.25, 0.3) is 0 Å². The molecular formula is C13H16N2S. The number of likely N-dealkylation sites (N-methyl/N-ethyl adjacent to an activating group) is 1. The van der Waals surface area contributed by atoms with Crippen molar-refractivity contribution in [1.29, 1.82) is 0 Å². The summed E-state index contributed by atoms with van der Waals surface area (Å²) in [6, 6.07) is 6.77. The Balaban J connectivity index is 2.09. The van der Waals surface area contributed by atoms with Crippen LogP contribution in [-0.4, -0.2) is 11.5 Å². The van der Waals surface area contributed by atoms with Crippen molar-refractivity contribution < 1.29 is 0 Å². The third-order valence-electron chi connectivity index (χ3n) is 2.59. The van der Waals surface area contributed by atoms with Gasteiger partial charge >= 0.3 is 0 Å². The number of pyridine rings is 1. The predicted molar refractivity (Wildman–Crippen MR) is 68.7 cm³/mol. The Labute approximate surface area is 100 Å². The molecule has 1 N–H and O–H groups in total. The lowest BCUT2D eigenvalue weighted by Gasteiger charge is -2.16. The third-order valence-corrected chi connectivity index (χ3v) is 3.29. The van der Waals surface area contributed by atoms with Crippen molar-refractivity contribution >= 4 is 11.3 Å². The molecule has 84 valence electrons. The number of nitrogens with one attached hydrogen (secondary N) is 1. The molecule has 16 heavy (non-hydrogen) atoms. The number of aromatic nitrogens is 1. The van der Waals surface area contributed by atoms with E-state index in [0.717, 1.165) is 13.0 Å². The van der Waals surface area contributed by atoms with E-state index in [2.05, 4.69) is 46.2 Å². The Morgan fingerprint density at radius 3 is 2.75 bits per heavy atom. The highest BCUT2D eigenvalue weighted by molar-refractivity contribution is 7.07. The summed E-state index contributed by atoms with van der Waals surface area (Å²) in [5.74, 6) is 0. The third kappa shape index (κ3) is 2.90. The molecule has 1 unspecified atom stereocenters. The first-order chi connectivity index (χ1) is 7.90. The van der Waals surface area contributed by atoms with E-state index in [1.165, 1.54) is 11.1 Å². The van der Waals surface area contributed by atoms with Gasteiger partial charge in [-0.25, -0.2) is 0 Å². The molecule has 0 aliphatic heterocycles. The van der Waals surface area contributed by atoms with Crippen LogP contribution in [0.4, 0.5) is 0 Å². The smallest absolute Gasteiger partial charge is 0.0369 e. The van der Waals surface area contributed by atoms with Gasteiger partial charge in [-0.15, -0.1) is 0 Å². The number of hydrogen-bond acceptors (Lipinski definition) is 3. The van der Waals surface area contributed by atoms with Gasteiger partial charge in [-0.1, -0.05) is 6.92 Å². The molecule has 2 nitrogen and oxygen atoms in total. The van der Waals surface area contributed by atoms with Crippen molar-refractivity contribution in [2.75, 3.05) is 6.54 Å². The maximum atomic E-state index is 4.04. The van der Waals surface area contributed by atoms with Crippen LogP contribution in [-0.2, 0) is 6.42 Å². The Kier molecular flexibility index (Phi) is 4.08. The van der Waals surface area contributed by atoms with Gasteiger partial charge < -0.3 is 5.32 Å². The minimum Gasteiger partial charge on any atom is -0.310 e. The van der Waals surface area contributed by atoms with Gasteiger partial charge in [0.25, 0.3) is 0 Å². The summed E-state index contributed by atoms with van der Waals surface area (Å²) < 4.78 is 0. The zero-order valence-corrected chi connectivity index (χ0v) is 10.2. The summed E-state index contributed by atoms with van der Waals surface area (Å²) in [5, 5.41) is 7.87. The standard InChI is InChI=1S/C13H16N2S/c1-2-15-13(12-5-8-16-10-12)9-11-3-6-14-7-4-11/h3-8,10,13,15H,2,9H2,1H3. The highest BCUT2D eigenvalue weighted by Crippen LogP contribution is 2.20. The Bertz CT molecular complexity index is 397. The van der Waals surface area contributed by atoms with Crippen molar-refractivity contribution in [3.8, 4) is 0 Å². The fraction of sp³-hybridized carbons (Fsp3) is 0.308. The van der Waals surface area contributed by atoms with Gasteiger partial charge in [0.05, 0.1) is 0 Å². The van der Waals surface area contributed by atoms with Gasteiger partial charge in [-0.2, -0.15) is 11.3 Å². The maximum absolute atomic E-state index is 4.04. The fourth-order valence-electron chi connectivity index (χ4n) is 1.78. The van der Waals surface area contributed by atoms with E-state index in [-0.39, 0.29) is 0 Å². The van der Waals surface area contributed by atoms with E-state index in [1.54, 1.807) is 11.3 Å². The molecule has 0 amide bonds. The second-order valence-corrected chi connectivity index (χ2v) is 4.51. The molecule has 2 aromatic heterocycles. The Morgan fingerprint density at radius 1 is 1.31 bits per heavy atom. The first kappa shape index (κ1) is 11.3. The minimum atomic E-state index is 0.415. The highest BCUT2D eigenvalue weighted by atomic mass is 32.1. The molecule has 3 heteroatoms. The monoisotopic (exact) mass is 232 g/mol. The van der Waals surface area contributed by atoms with Crippen LogP contribution in [0, 0.1) is 0 Å². The zero-order chi connectivity index (χ0) is 11.2. The molecule has 2 aromatic rings. The molecule has 2 heterocycles. The topological polar surface area (TPSA) is 24.9 Å². The van der Waals surface area contributed by atoms with Gasteiger partial charge in [0.1, 0.15) is 0 Å². The molecule has 0 aromatic carbocycles. The Hall–Kier alpha value is -1.19. The number of rotatable bonds is 5. The average Bonchev–Trinajstić information content (AvgIpc) is 2.83. The lowest BCUT2D eigenvalue weighted by molar-refractivity contribution is 0.551. The summed E-state index contributed by atoms with van der Waals surface area (Å²) in [7, 11) is 0. The minimum absolute atomic E-state index is 0.415. The summed E-state index contributed by atoms with van der Waals surface area (Å²) in [5.41, 5.74) is 2.70. The second-order valence-electron chi connectivity index (χ2n) is 3.73. The van der Waals surface area contributed by atoms with Gasteiger partial charge in [0, 0.05) is 18.4 Å². The molecule has 0 saturated carbocycles. The van der Waals surface area contributed by atoms with Crippen LogP contribution in [0.5, 0.6) is 0 Å². The number of thiophene rings is 1. The van der Waals surface area contributed by atoms with Gasteiger partial charge in [-0.3, -0.25) is 4.98 Å². The fourth-order valence-corrected chi connectivity index (χ4v) is 2.50. The largest absolute Gasteiger partial charge is 0.310 e. The first-order valence-electron chi connectivity index (χ1n) is 5.54. The quantitative estimate of drug-likeness (QED) is 0.857. The van der Waals surface area contributed by atoms with E-state index < -0.39 is 0 Å². The van der Waals surface area contributed by atoms with Crippen LogP contribution in [0.15, 0.2) is 41.4 Å². The summed E-state index contributed by atoms with van der Waals surface area (Å²) in [6.07, 6.45) is 4.73. The van der Waals surface area contributed by atoms with Crippen LogP contribution in [0.2, 0.25) is 0 Å². The molecule has 0 saturated heterocycles. The Morgan fingerprint density at radius 2 is 2.12 bits per heavy atom. The van der Waals surface area contributed by atoms with Crippen LogP contribution in [0.3, 0.4) is 0 Å². The van der Waals surface area contributed by atoms with Gasteiger partial charge in [0.2, 0.25) is 0 Å². The maximum Gasteiger partial charge on any atom is 0.0369 e. The average molecular weight is 232 g/mol. The molecule has 0 aliphatic carbocycles. The van der Waals surface area contributed by atoms with Crippen LogP contribution < -0.4 is 5.32 Å². The van der Waals surface area contributed by atoms with Crippen molar-refractivity contribution in [1.82, 2.24) is 10.3 Å². The summed E-state index contributed by atoms with van der Waals surface area (Å²) in [6.45, 7) is 3.14. The number of hydrogen-bond donors (Lipinski definition) is 1. The molecule has 0 fully saturated rings. The summed E-state index contributed by atoms with van der Waals surface area (Å²) >= 11 is 1.75. The summed E-state index contributed by atoms with van der Waals surface area (Å²) in [4.78, 5) is 4.04.